The molecule has 0 atom stereocenters. The molecule has 1 N–H and O–H groups in total. The third-order valence-electron chi connectivity index (χ3n) is 2.02. The minimum atomic E-state index is -2.66. The van der Waals surface area contributed by atoms with E-state index in [4.69, 9.17) is 16.7 Å². The lowest BCUT2D eigenvalue weighted by atomic mass is 10.1. The van der Waals surface area contributed by atoms with E-state index >= 15 is 0 Å². The van der Waals surface area contributed by atoms with Gasteiger partial charge < -0.3 is 5.11 Å². The number of aliphatic carboxylic acids is 1. The molecule has 0 unspecified atom stereocenters. The second kappa shape index (κ2) is 3.73. The predicted octanol–water partition coefficient (Wildman–Crippen LogP) is 0.910. The lowest BCUT2D eigenvalue weighted by Gasteiger charge is -1.96. The van der Waals surface area contributed by atoms with Gasteiger partial charge in [-0.2, -0.15) is 8.42 Å². The van der Waals surface area contributed by atoms with E-state index in [2.05, 4.69) is 4.99 Å². The highest BCUT2D eigenvalue weighted by Crippen LogP contribution is 2.29. The van der Waals surface area contributed by atoms with Gasteiger partial charge in [0.2, 0.25) is 10.3 Å². The molecule has 2 rings (SSSR count). The molecule has 0 fully saturated rings. The highest BCUT2D eigenvalue weighted by atomic mass is 35.5. The van der Waals surface area contributed by atoms with Gasteiger partial charge in [-0.3, -0.25) is 0 Å². The van der Waals surface area contributed by atoms with Crippen molar-refractivity contribution in [1.29, 1.82) is 0 Å². The summed E-state index contributed by atoms with van der Waals surface area (Å²) in [6.45, 7) is 0. The number of carbonyl (C=O) groups is 1. The van der Waals surface area contributed by atoms with Crippen LogP contribution in [0.15, 0.2) is 23.2 Å². The zero-order chi connectivity index (χ0) is 11.9. The summed E-state index contributed by atoms with van der Waals surface area (Å²) in [6, 6.07) is 4.36. The number of hydrogen-bond donors (Lipinski definition) is 1. The molecule has 0 saturated heterocycles. The molecule has 16 heavy (non-hydrogen) atoms. The van der Waals surface area contributed by atoms with Gasteiger partial charge in [0.15, 0.2) is 5.71 Å². The average Bonchev–Trinajstić information content (AvgIpc) is 2.55. The van der Waals surface area contributed by atoms with Gasteiger partial charge in [-0.15, -0.1) is 0 Å². The highest BCUT2D eigenvalue weighted by Gasteiger charge is 2.29. The molecule has 0 amide bonds. The second-order valence-electron chi connectivity index (χ2n) is 2.99. The van der Waals surface area contributed by atoms with E-state index in [0.29, 0.717) is 10.7 Å². The number of carboxylic acid groups (broad SMARTS) is 1. The van der Waals surface area contributed by atoms with Gasteiger partial charge in [-0.1, -0.05) is 11.6 Å². The van der Waals surface area contributed by atoms with Crippen molar-refractivity contribution in [2.45, 2.75) is 0 Å². The molecule has 0 saturated carbocycles. The molecule has 1 aromatic rings. The fraction of sp³-hybridized carbons (Fsp3) is 0. The first-order valence-electron chi connectivity index (χ1n) is 4.09. The lowest BCUT2D eigenvalue weighted by molar-refractivity contribution is -0.129. The standard InChI is InChI=1S/C9H4ClNO4S/c10-4-1-2-6-5(3-4)8(16(14)15)7(11-6)9(12)13/h1-3H,(H,12,13). The molecule has 1 aliphatic rings. The lowest BCUT2D eigenvalue weighted by Crippen LogP contribution is -2.21. The molecule has 0 radical (unpaired) electrons. The number of hydrogen-bond acceptors (Lipinski definition) is 4. The first kappa shape index (κ1) is 10.8. The largest absolute Gasteiger partial charge is 0.476 e. The number of rotatable bonds is 1. The van der Waals surface area contributed by atoms with Gasteiger partial charge in [-0.05, 0) is 18.2 Å². The van der Waals surface area contributed by atoms with Crippen molar-refractivity contribution in [2.75, 3.05) is 0 Å². The van der Waals surface area contributed by atoms with Crippen molar-refractivity contribution in [2.24, 2.45) is 4.99 Å². The maximum absolute atomic E-state index is 11.0. The van der Waals surface area contributed by atoms with Crippen molar-refractivity contribution in [3.63, 3.8) is 0 Å². The van der Waals surface area contributed by atoms with Gasteiger partial charge in [0.1, 0.15) is 4.86 Å². The van der Waals surface area contributed by atoms with Crippen molar-refractivity contribution in [3.8, 4) is 0 Å². The van der Waals surface area contributed by atoms with E-state index in [1.807, 2.05) is 0 Å². The Hall–Kier alpha value is -1.66. The molecular formula is C9H4ClNO4S. The monoisotopic (exact) mass is 257 g/mol. The van der Waals surface area contributed by atoms with Crippen molar-refractivity contribution in [3.05, 3.63) is 28.8 Å². The maximum atomic E-state index is 11.0. The van der Waals surface area contributed by atoms with Crippen LogP contribution in [-0.4, -0.2) is 30.1 Å². The Morgan fingerprint density at radius 1 is 1.38 bits per heavy atom. The Labute approximate surface area is 96.5 Å². The molecule has 7 heteroatoms. The molecule has 82 valence electrons. The number of fused-ring (bicyclic) bond motifs is 1. The molecular weight excluding hydrogens is 254 g/mol. The van der Waals surface area contributed by atoms with Gasteiger partial charge >= 0.3 is 5.97 Å². The van der Waals surface area contributed by atoms with Crippen LogP contribution in [0.1, 0.15) is 5.56 Å². The number of halogens is 1. The van der Waals surface area contributed by atoms with Gasteiger partial charge in [0, 0.05) is 10.6 Å². The van der Waals surface area contributed by atoms with Crippen LogP contribution in [0.3, 0.4) is 0 Å². The van der Waals surface area contributed by atoms with Crippen LogP contribution >= 0.6 is 11.6 Å². The Kier molecular flexibility index (Phi) is 2.53. The Balaban J connectivity index is 2.80. The van der Waals surface area contributed by atoms with E-state index in [0.717, 1.165) is 0 Å². The van der Waals surface area contributed by atoms with Crippen LogP contribution in [0.5, 0.6) is 0 Å². The van der Waals surface area contributed by atoms with Crippen molar-refractivity contribution < 1.29 is 18.3 Å². The van der Waals surface area contributed by atoms with E-state index in [-0.39, 0.29) is 10.4 Å². The fourth-order valence-corrected chi connectivity index (χ4v) is 2.21. The first-order chi connectivity index (χ1) is 7.50. The third kappa shape index (κ3) is 1.62. The summed E-state index contributed by atoms with van der Waals surface area (Å²) in [4.78, 5) is 14.2. The topological polar surface area (TPSA) is 83.8 Å². The van der Waals surface area contributed by atoms with E-state index in [9.17, 15) is 13.2 Å². The molecule has 1 aliphatic heterocycles. The van der Waals surface area contributed by atoms with Crippen LogP contribution < -0.4 is 0 Å². The van der Waals surface area contributed by atoms with Crippen LogP contribution in [-0.2, 0) is 15.1 Å². The minimum Gasteiger partial charge on any atom is -0.476 e. The molecule has 5 nitrogen and oxygen atoms in total. The second-order valence-corrected chi connectivity index (χ2v) is 4.30. The van der Waals surface area contributed by atoms with Gasteiger partial charge in [0.05, 0.1) is 5.69 Å². The van der Waals surface area contributed by atoms with Crippen molar-refractivity contribution in [1.82, 2.24) is 0 Å². The van der Waals surface area contributed by atoms with Crippen LogP contribution in [0.4, 0.5) is 5.69 Å². The number of aliphatic imine (C=N–C) groups is 1. The van der Waals surface area contributed by atoms with E-state index in [1.54, 1.807) is 0 Å². The Morgan fingerprint density at radius 3 is 2.62 bits per heavy atom. The van der Waals surface area contributed by atoms with Gasteiger partial charge in [-0.25, -0.2) is 9.79 Å². The summed E-state index contributed by atoms with van der Waals surface area (Å²) in [6.07, 6.45) is 0. The SMILES string of the molecule is O=C(O)C1=Nc2ccc(Cl)cc2C1=S(=O)=O. The third-order valence-corrected chi connectivity index (χ3v) is 3.00. The summed E-state index contributed by atoms with van der Waals surface area (Å²) in [5.74, 6) is -1.38. The number of benzene rings is 1. The zero-order valence-electron chi connectivity index (χ0n) is 7.64. The smallest absolute Gasteiger partial charge is 0.356 e. The van der Waals surface area contributed by atoms with Crippen LogP contribution in [0.2, 0.25) is 5.02 Å². The normalized spacial score (nSPS) is 13.3. The van der Waals surface area contributed by atoms with Crippen LogP contribution in [0, 0.1) is 0 Å². The number of carboxylic acids is 1. The highest BCUT2D eigenvalue weighted by molar-refractivity contribution is 7.75. The summed E-state index contributed by atoms with van der Waals surface area (Å²) >= 11 is 5.71. The van der Waals surface area contributed by atoms with E-state index < -0.39 is 22.0 Å². The average molecular weight is 258 g/mol. The zero-order valence-corrected chi connectivity index (χ0v) is 9.21. The Morgan fingerprint density at radius 2 is 2.06 bits per heavy atom. The summed E-state index contributed by atoms with van der Waals surface area (Å²) < 4.78 is 21.9. The first-order valence-corrected chi connectivity index (χ1v) is 5.54. The quantitative estimate of drug-likeness (QED) is 0.758. The summed E-state index contributed by atoms with van der Waals surface area (Å²) in [5.41, 5.74) is 0.0323. The van der Waals surface area contributed by atoms with Gasteiger partial charge in [0.25, 0.3) is 0 Å². The molecule has 0 bridgehead atoms. The van der Waals surface area contributed by atoms with Crippen LogP contribution in [0.25, 0.3) is 0 Å². The summed E-state index contributed by atoms with van der Waals surface area (Å²) in [5, 5.41) is 9.14. The number of nitrogens with zero attached hydrogens (tertiary/aromatic N) is 1. The molecule has 0 spiro atoms. The molecule has 0 aromatic heterocycles. The minimum absolute atomic E-state index is 0.221. The predicted molar refractivity (Wildman–Crippen MR) is 59.2 cm³/mol. The van der Waals surface area contributed by atoms with Crippen molar-refractivity contribution >= 4 is 44.1 Å². The molecule has 0 aliphatic carbocycles. The molecule has 1 aromatic carbocycles. The maximum Gasteiger partial charge on any atom is 0.356 e. The van der Waals surface area contributed by atoms with E-state index in [1.165, 1.54) is 18.2 Å². The molecule has 1 heterocycles. The summed E-state index contributed by atoms with van der Waals surface area (Å²) in [7, 11) is -2.66. The fourth-order valence-electron chi connectivity index (χ4n) is 1.40. The Bertz CT molecular complexity index is 652.